The molecule has 1 aliphatic heterocycles. The number of ether oxygens (including phenoxy) is 3. The Kier molecular flexibility index (Phi) is 6.88. The summed E-state index contributed by atoms with van der Waals surface area (Å²) in [6, 6.07) is 14.1. The van der Waals surface area contributed by atoms with E-state index in [2.05, 4.69) is 4.99 Å². The van der Waals surface area contributed by atoms with E-state index in [1.54, 1.807) is 42.5 Å². The van der Waals surface area contributed by atoms with Crippen molar-refractivity contribution < 1.29 is 23.4 Å². The minimum Gasteiger partial charge on any atom is -0.493 e. The smallest absolute Gasteiger partial charge is 0.363 e. The fraction of sp³-hybridized carbons (Fsp3) is 0.0833. The first-order valence-electron chi connectivity index (χ1n) is 9.57. The van der Waals surface area contributed by atoms with Crippen LogP contribution in [0.15, 0.2) is 65.3 Å². The van der Waals surface area contributed by atoms with Gasteiger partial charge in [0.1, 0.15) is 12.4 Å². The van der Waals surface area contributed by atoms with Crippen LogP contribution in [0.5, 0.6) is 11.5 Å². The second kappa shape index (κ2) is 9.83. The van der Waals surface area contributed by atoms with Crippen LogP contribution in [0, 0.1) is 5.82 Å². The first kappa shape index (κ1) is 23.1. The number of hydrogen-bond acceptors (Lipinski definition) is 5. The molecule has 5 nitrogen and oxygen atoms in total. The zero-order valence-electron chi connectivity index (χ0n) is 17.1. The van der Waals surface area contributed by atoms with Crippen LogP contribution in [-0.2, 0) is 16.1 Å². The fourth-order valence-electron chi connectivity index (χ4n) is 3.07. The summed E-state index contributed by atoms with van der Waals surface area (Å²) in [5.74, 6) is -0.249. The number of benzene rings is 3. The van der Waals surface area contributed by atoms with Crippen LogP contribution < -0.4 is 9.47 Å². The van der Waals surface area contributed by atoms with Crippen LogP contribution in [0.25, 0.3) is 6.08 Å². The molecule has 1 heterocycles. The van der Waals surface area contributed by atoms with E-state index in [-0.39, 0.29) is 29.0 Å². The van der Waals surface area contributed by atoms with Crippen LogP contribution in [0.4, 0.5) is 4.39 Å². The van der Waals surface area contributed by atoms with Gasteiger partial charge in [-0.3, -0.25) is 0 Å². The second-order valence-corrected chi connectivity index (χ2v) is 8.14. The molecule has 0 spiro atoms. The molecule has 9 heteroatoms. The molecule has 0 aliphatic carbocycles. The topological polar surface area (TPSA) is 57.1 Å². The van der Waals surface area contributed by atoms with Crippen molar-refractivity contribution in [2.24, 2.45) is 4.99 Å². The minimum atomic E-state index is -0.627. The number of aliphatic imine (C=N–C) groups is 1. The fourth-order valence-corrected chi connectivity index (χ4v) is 3.64. The number of esters is 1. The van der Waals surface area contributed by atoms with Crippen molar-refractivity contribution in [1.82, 2.24) is 0 Å². The first-order valence-corrected chi connectivity index (χ1v) is 10.7. The van der Waals surface area contributed by atoms with Crippen molar-refractivity contribution in [2.45, 2.75) is 6.61 Å². The molecule has 33 heavy (non-hydrogen) atoms. The van der Waals surface area contributed by atoms with Crippen molar-refractivity contribution in [3.63, 3.8) is 0 Å². The van der Waals surface area contributed by atoms with Crippen LogP contribution >= 0.6 is 34.8 Å². The highest BCUT2D eigenvalue weighted by Gasteiger charge is 2.25. The summed E-state index contributed by atoms with van der Waals surface area (Å²) in [5.41, 5.74) is 1.76. The molecule has 0 aromatic heterocycles. The Hall–Kier alpha value is -3.06. The van der Waals surface area contributed by atoms with Gasteiger partial charge in [-0.2, -0.15) is 0 Å². The second-order valence-electron chi connectivity index (χ2n) is 6.92. The van der Waals surface area contributed by atoms with Crippen LogP contribution in [0.3, 0.4) is 0 Å². The molecule has 168 valence electrons. The maximum atomic E-state index is 13.4. The van der Waals surface area contributed by atoms with Gasteiger partial charge in [-0.15, -0.1) is 0 Å². The number of carbonyl (C=O) groups is 1. The van der Waals surface area contributed by atoms with Crippen molar-refractivity contribution in [3.8, 4) is 11.5 Å². The highest BCUT2D eigenvalue weighted by Crippen LogP contribution is 2.38. The third kappa shape index (κ3) is 5.30. The van der Waals surface area contributed by atoms with Crippen molar-refractivity contribution in [2.75, 3.05) is 7.11 Å². The van der Waals surface area contributed by atoms with Gasteiger partial charge in [-0.05, 0) is 59.7 Å². The van der Waals surface area contributed by atoms with Gasteiger partial charge in [0.2, 0.25) is 5.90 Å². The number of halogens is 4. The van der Waals surface area contributed by atoms with Crippen LogP contribution in [-0.4, -0.2) is 19.0 Å². The highest BCUT2D eigenvalue weighted by atomic mass is 35.5. The Morgan fingerprint density at radius 3 is 2.58 bits per heavy atom. The van der Waals surface area contributed by atoms with E-state index in [0.717, 1.165) is 0 Å². The molecule has 0 N–H and O–H groups in total. The standard InChI is InChI=1S/C24H15Cl3FNO4/c1-31-21-10-14(8-19(27)22(21)32-12-13-3-2-4-16(28)7-13)9-20-24(30)33-23(29-20)15-5-6-17(25)18(26)11-15/h2-11H,12H2,1H3. The molecule has 0 fully saturated rings. The van der Waals surface area contributed by atoms with Crippen molar-refractivity contribution in [1.29, 1.82) is 0 Å². The van der Waals surface area contributed by atoms with Crippen molar-refractivity contribution in [3.05, 3.63) is 97.9 Å². The van der Waals surface area contributed by atoms with Gasteiger partial charge in [0.15, 0.2) is 17.2 Å². The lowest BCUT2D eigenvalue weighted by molar-refractivity contribution is -0.129. The van der Waals surface area contributed by atoms with Gasteiger partial charge in [0.05, 0.1) is 22.2 Å². The minimum absolute atomic E-state index is 0.0719. The van der Waals surface area contributed by atoms with Gasteiger partial charge in [0, 0.05) is 5.56 Å². The Morgan fingerprint density at radius 2 is 1.85 bits per heavy atom. The van der Waals surface area contributed by atoms with Gasteiger partial charge in [-0.1, -0.05) is 46.9 Å². The molecule has 0 amide bonds. The van der Waals surface area contributed by atoms with Gasteiger partial charge in [-0.25, -0.2) is 14.2 Å². The Labute approximate surface area is 204 Å². The molecule has 3 aromatic rings. The predicted octanol–water partition coefficient (Wildman–Crippen LogP) is 6.72. The molecule has 1 aliphatic rings. The first-order chi connectivity index (χ1) is 15.8. The normalized spacial score (nSPS) is 14.3. The van der Waals surface area contributed by atoms with E-state index in [4.69, 9.17) is 49.0 Å². The number of nitrogens with zero attached hydrogens (tertiary/aromatic N) is 1. The van der Waals surface area contributed by atoms with E-state index in [9.17, 15) is 9.18 Å². The average Bonchev–Trinajstić information content (AvgIpc) is 3.14. The summed E-state index contributed by atoms with van der Waals surface area (Å²) in [6.45, 7) is 0.0951. The molecule has 0 radical (unpaired) electrons. The van der Waals surface area contributed by atoms with E-state index < -0.39 is 5.97 Å². The number of methoxy groups -OCH3 is 1. The monoisotopic (exact) mass is 505 g/mol. The zero-order valence-corrected chi connectivity index (χ0v) is 19.3. The van der Waals surface area contributed by atoms with Crippen molar-refractivity contribution >= 4 is 52.7 Å². The highest BCUT2D eigenvalue weighted by molar-refractivity contribution is 6.42. The summed E-state index contributed by atoms with van der Waals surface area (Å²) in [7, 11) is 1.46. The molecule has 4 rings (SSSR count). The lowest BCUT2D eigenvalue weighted by atomic mass is 10.1. The molecule has 0 saturated carbocycles. The average molecular weight is 507 g/mol. The quantitative estimate of drug-likeness (QED) is 0.275. The molecular weight excluding hydrogens is 492 g/mol. The lowest BCUT2D eigenvalue weighted by Crippen LogP contribution is -2.05. The lowest BCUT2D eigenvalue weighted by Gasteiger charge is -2.13. The summed E-state index contributed by atoms with van der Waals surface area (Å²) in [4.78, 5) is 16.6. The Bertz CT molecular complexity index is 1310. The summed E-state index contributed by atoms with van der Waals surface area (Å²) in [5, 5.41) is 0.941. The summed E-state index contributed by atoms with van der Waals surface area (Å²) >= 11 is 18.4. The zero-order chi connectivity index (χ0) is 23.5. The molecule has 0 bridgehead atoms. The van der Waals surface area contributed by atoms with Crippen LogP contribution in [0.2, 0.25) is 15.1 Å². The Morgan fingerprint density at radius 1 is 1.03 bits per heavy atom. The van der Waals surface area contributed by atoms with E-state index in [1.807, 2.05) is 0 Å². The Balaban J connectivity index is 1.59. The molecule has 3 aromatic carbocycles. The number of cyclic esters (lactones) is 1. The largest absolute Gasteiger partial charge is 0.493 e. The SMILES string of the molecule is COc1cc(C=C2N=C(c3ccc(Cl)c(Cl)c3)OC2=O)cc(Cl)c1OCc1cccc(F)c1. The number of rotatable bonds is 6. The number of hydrogen-bond donors (Lipinski definition) is 0. The molecular formula is C24H15Cl3FNO4. The molecule has 0 unspecified atom stereocenters. The maximum absolute atomic E-state index is 13.4. The predicted molar refractivity (Wildman–Crippen MR) is 126 cm³/mol. The van der Waals surface area contributed by atoms with Crippen LogP contribution in [0.1, 0.15) is 16.7 Å². The molecule has 0 saturated heterocycles. The molecule has 0 atom stereocenters. The summed E-state index contributed by atoms with van der Waals surface area (Å²) in [6.07, 6.45) is 1.51. The summed E-state index contributed by atoms with van der Waals surface area (Å²) < 4.78 is 29.8. The maximum Gasteiger partial charge on any atom is 0.363 e. The third-order valence-corrected chi connectivity index (χ3v) is 5.63. The van der Waals surface area contributed by atoms with E-state index >= 15 is 0 Å². The van der Waals surface area contributed by atoms with Gasteiger partial charge >= 0.3 is 5.97 Å². The van der Waals surface area contributed by atoms with Gasteiger partial charge < -0.3 is 14.2 Å². The third-order valence-electron chi connectivity index (χ3n) is 4.61. The van der Waals surface area contributed by atoms with Gasteiger partial charge in [0.25, 0.3) is 0 Å². The van der Waals surface area contributed by atoms with E-state index in [0.29, 0.717) is 38.2 Å². The van der Waals surface area contributed by atoms with E-state index in [1.165, 1.54) is 25.3 Å². The number of carbonyl (C=O) groups excluding carboxylic acids is 1.